The van der Waals surface area contributed by atoms with E-state index in [0.29, 0.717) is 21.0 Å². The van der Waals surface area contributed by atoms with Crippen molar-refractivity contribution >= 4 is 41.4 Å². The maximum Gasteiger partial charge on any atom is 0.339 e. The molecule has 0 aliphatic carbocycles. The molecule has 3 rings (SSSR count). The molecule has 6 nitrogen and oxygen atoms in total. The first-order valence-corrected chi connectivity index (χ1v) is 10.8. The number of imide groups is 1. The lowest BCUT2D eigenvalue weighted by atomic mass is 10.0. The topological polar surface area (TPSA) is 75.4 Å². The van der Waals surface area contributed by atoms with Crippen LogP contribution in [-0.4, -0.2) is 21.2 Å². The molecule has 0 fully saturated rings. The van der Waals surface area contributed by atoms with E-state index in [9.17, 15) is 9.59 Å². The number of hydrogen-bond donors (Lipinski definition) is 2. The van der Waals surface area contributed by atoms with E-state index in [1.807, 2.05) is 24.3 Å². The Kier molecular flexibility index (Phi) is 7.90. The highest BCUT2D eigenvalue weighted by atomic mass is 32.1. The Morgan fingerprint density at radius 2 is 1.80 bits per heavy atom. The van der Waals surface area contributed by atoms with E-state index in [-0.39, 0.29) is 5.76 Å². The second-order valence-corrected chi connectivity index (χ2v) is 7.69. The van der Waals surface area contributed by atoms with Crippen molar-refractivity contribution in [3.63, 3.8) is 0 Å². The van der Waals surface area contributed by atoms with Gasteiger partial charge in [0.15, 0.2) is 5.76 Å². The number of hydrogen-bond acceptors (Lipinski definition) is 5. The minimum atomic E-state index is -0.648. The SMILES string of the molecule is CCCCCCCCc1ccc(NC(=O)N(S)C(=O)c2cc3cnccc3o2)cc1. The lowest BCUT2D eigenvalue weighted by Crippen LogP contribution is -2.32. The number of carbonyl (C=O) groups is 2. The van der Waals surface area contributed by atoms with E-state index in [1.165, 1.54) is 50.2 Å². The average molecular weight is 426 g/mol. The molecule has 1 aromatic carbocycles. The van der Waals surface area contributed by atoms with Crippen molar-refractivity contribution in [3.8, 4) is 0 Å². The number of aromatic nitrogens is 1. The molecule has 0 atom stereocenters. The molecule has 3 amide bonds. The van der Waals surface area contributed by atoms with Crippen molar-refractivity contribution < 1.29 is 14.0 Å². The molecular formula is C23H27N3O3S. The molecule has 158 valence electrons. The zero-order valence-electron chi connectivity index (χ0n) is 17.1. The summed E-state index contributed by atoms with van der Waals surface area (Å²) in [6, 6.07) is 10.2. The largest absolute Gasteiger partial charge is 0.451 e. The van der Waals surface area contributed by atoms with Gasteiger partial charge in [0.25, 0.3) is 0 Å². The first kappa shape index (κ1) is 21.9. The smallest absolute Gasteiger partial charge is 0.339 e. The molecular weight excluding hydrogens is 398 g/mol. The number of furan rings is 1. The van der Waals surface area contributed by atoms with Crippen LogP contribution in [0.5, 0.6) is 0 Å². The molecule has 3 aromatic rings. The zero-order valence-corrected chi connectivity index (χ0v) is 18.0. The first-order valence-electron chi connectivity index (χ1n) is 10.4. The van der Waals surface area contributed by atoms with Crippen molar-refractivity contribution in [1.29, 1.82) is 0 Å². The lowest BCUT2D eigenvalue weighted by Gasteiger charge is -2.13. The Hall–Kier alpha value is -2.80. The van der Waals surface area contributed by atoms with Gasteiger partial charge in [-0.1, -0.05) is 64.0 Å². The van der Waals surface area contributed by atoms with Gasteiger partial charge in [-0.3, -0.25) is 9.78 Å². The van der Waals surface area contributed by atoms with Crippen LogP contribution in [0, 0.1) is 0 Å². The van der Waals surface area contributed by atoms with Gasteiger partial charge in [0.05, 0.1) is 0 Å². The van der Waals surface area contributed by atoms with E-state index < -0.39 is 11.9 Å². The van der Waals surface area contributed by atoms with Crippen molar-refractivity contribution in [1.82, 2.24) is 9.29 Å². The number of pyridine rings is 1. The van der Waals surface area contributed by atoms with Gasteiger partial charge >= 0.3 is 11.9 Å². The molecule has 1 N–H and O–H groups in total. The zero-order chi connectivity index (χ0) is 21.3. The molecule has 0 radical (unpaired) electrons. The molecule has 0 spiro atoms. The highest BCUT2D eigenvalue weighted by Crippen LogP contribution is 2.20. The number of nitrogens with zero attached hydrogens (tertiary/aromatic N) is 2. The molecule has 0 unspecified atom stereocenters. The predicted octanol–water partition coefficient (Wildman–Crippen LogP) is 6.25. The van der Waals surface area contributed by atoms with Gasteiger partial charge in [-0.15, -0.1) is 0 Å². The Balaban J connectivity index is 1.50. The molecule has 0 saturated heterocycles. The fourth-order valence-corrected chi connectivity index (χ4v) is 3.38. The van der Waals surface area contributed by atoms with E-state index in [1.54, 1.807) is 18.5 Å². The van der Waals surface area contributed by atoms with Crippen LogP contribution in [0.4, 0.5) is 10.5 Å². The summed E-state index contributed by atoms with van der Waals surface area (Å²) in [5.74, 6) is -0.621. The predicted molar refractivity (Wildman–Crippen MR) is 122 cm³/mol. The number of urea groups is 1. The number of anilines is 1. The molecule has 2 heterocycles. The standard InChI is InChI=1S/C23H27N3O3S/c1-2-3-4-5-6-7-8-17-9-11-19(12-10-17)25-23(28)26(30)22(27)21-15-18-16-24-14-13-20(18)29-21/h9-16,30H,2-8H2,1H3,(H,25,28). The molecule has 30 heavy (non-hydrogen) atoms. The van der Waals surface area contributed by atoms with Crippen LogP contribution < -0.4 is 5.32 Å². The van der Waals surface area contributed by atoms with Crippen LogP contribution >= 0.6 is 12.8 Å². The highest BCUT2D eigenvalue weighted by molar-refractivity contribution is 7.79. The first-order chi connectivity index (χ1) is 14.6. The quantitative estimate of drug-likeness (QED) is 0.314. The van der Waals surface area contributed by atoms with Crippen LogP contribution in [0.25, 0.3) is 11.0 Å². The van der Waals surface area contributed by atoms with Gasteiger partial charge in [-0.25, -0.2) is 9.10 Å². The van der Waals surface area contributed by atoms with Gasteiger partial charge in [0.1, 0.15) is 5.58 Å². The summed E-state index contributed by atoms with van der Waals surface area (Å²) in [6.07, 6.45) is 11.8. The van der Waals surface area contributed by atoms with Crippen molar-refractivity contribution in [2.24, 2.45) is 0 Å². The number of amides is 3. The lowest BCUT2D eigenvalue weighted by molar-refractivity contribution is 0.0875. The summed E-state index contributed by atoms with van der Waals surface area (Å²) in [4.78, 5) is 28.9. The number of nitrogens with one attached hydrogen (secondary N) is 1. The third kappa shape index (κ3) is 5.86. The maximum atomic E-state index is 12.5. The average Bonchev–Trinajstić information content (AvgIpc) is 3.20. The summed E-state index contributed by atoms with van der Waals surface area (Å²) in [5, 5.41) is 3.36. The Morgan fingerprint density at radius 3 is 2.53 bits per heavy atom. The Morgan fingerprint density at radius 1 is 1.07 bits per heavy atom. The number of unbranched alkanes of at least 4 members (excludes halogenated alkanes) is 5. The van der Waals surface area contributed by atoms with Crippen LogP contribution in [0.15, 0.2) is 53.2 Å². The fourth-order valence-electron chi connectivity index (χ4n) is 3.23. The van der Waals surface area contributed by atoms with E-state index in [4.69, 9.17) is 4.42 Å². The van der Waals surface area contributed by atoms with Gasteiger partial charge in [-0.2, -0.15) is 0 Å². The fraction of sp³-hybridized carbons (Fsp3) is 0.348. The number of fused-ring (bicyclic) bond motifs is 1. The third-order valence-corrected chi connectivity index (χ3v) is 5.30. The maximum absolute atomic E-state index is 12.5. The summed E-state index contributed by atoms with van der Waals surface area (Å²) < 4.78 is 6.18. The van der Waals surface area contributed by atoms with E-state index >= 15 is 0 Å². The summed E-state index contributed by atoms with van der Waals surface area (Å²) in [6.45, 7) is 2.22. The van der Waals surface area contributed by atoms with Crippen LogP contribution in [0.3, 0.4) is 0 Å². The highest BCUT2D eigenvalue weighted by Gasteiger charge is 2.23. The van der Waals surface area contributed by atoms with Crippen LogP contribution in [0.2, 0.25) is 0 Å². The van der Waals surface area contributed by atoms with E-state index in [2.05, 4.69) is 30.0 Å². The van der Waals surface area contributed by atoms with Crippen LogP contribution in [-0.2, 0) is 6.42 Å². The van der Waals surface area contributed by atoms with Gasteiger partial charge in [0, 0.05) is 23.5 Å². The van der Waals surface area contributed by atoms with Gasteiger partial charge in [-0.05, 0) is 42.7 Å². The minimum Gasteiger partial charge on any atom is -0.451 e. The molecule has 2 aromatic heterocycles. The van der Waals surface area contributed by atoms with Gasteiger partial charge in [0.2, 0.25) is 0 Å². The van der Waals surface area contributed by atoms with Crippen LogP contribution in [0.1, 0.15) is 61.6 Å². The minimum absolute atomic E-state index is 0.0254. The van der Waals surface area contributed by atoms with Crippen molar-refractivity contribution in [2.45, 2.75) is 51.9 Å². The van der Waals surface area contributed by atoms with Crippen molar-refractivity contribution in [3.05, 3.63) is 60.1 Å². The number of carbonyl (C=O) groups excluding carboxylic acids is 2. The number of rotatable bonds is 9. The number of benzene rings is 1. The normalized spacial score (nSPS) is 10.9. The van der Waals surface area contributed by atoms with Gasteiger partial charge < -0.3 is 9.73 Å². The molecule has 0 bridgehead atoms. The molecule has 0 aliphatic heterocycles. The van der Waals surface area contributed by atoms with E-state index in [0.717, 1.165) is 6.42 Å². The second-order valence-electron chi connectivity index (χ2n) is 7.29. The molecule has 0 saturated carbocycles. The molecule has 0 aliphatic rings. The third-order valence-electron chi connectivity index (χ3n) is 4.94. The molecule has 7 heteroatoms. The summed E-state index contributed by atoms with van der Waals surface area (Å²) in [7, 11) is 0. The number of thiol groups is 1. The van der Waals surface area contributed by atoms with Crippen molar-refractivity contribution in [2.75, 3.05) is 5.32 Å². The Bertz CT molecular complexity index is 952. The summed E-state index contributed by atoms with van der Waals surface area (Å²) in [5.41, 5.74) is 2.36. The second kappa shape index (κ2) is 10.8. The monoisotopic (exact) mass is 425 g/mol. The summed E-state index contributed by atoms with van der Waals surface area (Å²) >= 11 is 4.04. The Labute approximate surface area is 182 Å². The number of aryl methyl sites for hydroxylation is 1.